The van der Waals surface area contributed by atoms with E-state index in [4.69, 9.17) is 13.9 Å². The van der Waals surface area contributed by atoms with E-state index in [1.807, 2.05) is 24.3 Å². The van der Waals surface area contributed by atoms with Crippen molar-refractivity contribution in [2.75, 3.05) is 33.9 Å². The molecule has 21 heavy (non-hydrogen) atoms. The van der Waals surface area contributed by atoms with Crippen molar-refractivity contribution in [2.45, 2.75) is 12.2 Å². The van der Waals surface area contributed by atoms with Gasteiger partial charge in [0.25, 0.3) is 0 Å². The molecule has 5 nitrogen and oxygen atoms in total. The summed E-state index contributed by atoms with van der Waals surface area (Å²) in [5.41, 5.74) is 1.38. The molecule has 0 saturated carbocycles. The zero-order valence-corrected chi connectivity index (χ0v) is 12.2. The number of carbonyl (C=O) groups is 1. The Labute approximate surface area is 123 Å². The summed E-state index contributed by atoms with van der Waals surface area (Å²) in [6.45, 7) is 1.76. The van der Waals surface area contributed by atoms with Crippen LogP contribution in [0.3, 0.4) is 0 Å². The van der Waals surface area contributed by atoms with Gasteiger partial charge in [0.15, 0.2) is 5.78 Å². The number of hydrogen-bond acceptors (Lipinski definition) is 5. The molecule has 5 heteroatoms. The Kier molecular flexibility index (Phi) is 4.05. The van der Waals surface area contributed by atoms with Gasteiger partial charge in [0, 0.05) is 32.7 Å². The maximum atomic E-state index is 12.5. The minimum atomic E-state index is 0.0175. The molecule has 2 atom stereocenters. The van der Waals surface area contributed by atoms with Crippen molar-refractivity contribution < 1.29 is 18.7 Å². The highest BCUT2D eigenvalue weighted by Crippen LogP contribution is 2.22. The molecule has 0 aliphatic carbocycles. The summed E-state index contributed by atoms with van der Waals surface area (Å²) < 4.78 is 16.2. The van der Waals surface area contributed by atoms with Crippen LogP contribution in [-0.2, 0) is 9.47 Å². The van der Waals surface area contributed by atoms with Gasteiger partial charge in [0.05, 0.1) is 24.3 Å². The van der Waals surface area contributed by atoms with Crippen LogP contribution in [0, 0.1) is 0 Å². The van der Waals surface area contributed by atoms with E-state index in [2.05, 4.69) is 4.90 Å². The van der Waals surface area contributed by atoms with Crippen molar-refractivity contribution >= 4 is 16.8 Å². The molecule has 112 valence electrons. The van der Waals surface area contributed by atoms with E-state index in [0.717, 1.165) is 11.0 Å². The van der Waals surface area contributed by atoms with Gasteiger partial charge < -0.3 is 13.9 Å². The molecule has 1 fully saturated rings. The number of Topliss-reactive ketones (excluding diaryl/α,β-unsaturated/α-hetero) is 1. The molecular weight excluding hydrogens is 270 g/mol. The van der Waals surface area contributed by atoms with Gasteiger partial charge in [-0.2, -0.15) is 0 Å². The Morgan fingerprint density at radius 2 is 1.90 bits per heavy atom. The van der Waals surface area contributed by atoms with E-state index >= 15 is 0 Å². The normalized spacial score (nSPS) is 23.0. The molecule has 0 bridgehead atoms. The number of carbonyl (C=O) groups excluding carboxylic acids is 1. The Bertz CT molecular complexity index is 624. The zero-order valence-electron chi connectivity index (χ0n) is 12.2. The highest BCUT2D eigenvalue weighted by molar-refractivity contribution is 6.08. The van der Waals surface area contributed by atoms with Crippen LogP contribution in [0.4, 0.5) is 0 Å². The Hall–Kier alpha value is -1.69. The van der Waals surface area contributed by atoms with Gasteiger partial charge in [0.1, 0.15) is 11.8 Å². The van der Waals surface area contributed by atoms with Gasteiger partial charge >= 0.3 is 0 Å². The van der Waals surface area contributed by atoms with Crippen molar-refractivity contribution in [2.24, 2.45) is 0 Å². The van der Waals surface area contributed by atoms with Crippen LogP contribution in [0.15, 0.2) is 34.9 Å². The summed E-state index contributed by atoms with van der Waals surface area (Å²) >= 11 is 0. The Balaban J connectivity index is 1.72. The first-order chi connectivity index (χ1) is 10.2. The minimum absolute atomic E-state index is 0.0175. The third-order valence-corrected chi connectivity index (χ3v) is 4.05. The van der Waals surface area contributed by atoms with E-state index in [0.29, 0.717) is 25.2 Å². The molecule has 0 spiro atoms. The monoisotopic (exact) mass is 289 g/mol. The third kappa shape index (κ3) is 2.72. The number of ether oxygens (including phenoxy) is 2. The summed E-state index contributed by atoms with van der Waals surface area (Å²) in [6, 6.07) is 7.58. The van der Waals surface area contributed by atoms with Crippen LogP contribution >= 0.6 is 0 Å². The van der Waals surface area contributed by atoms with Crippen molar-refractivity contribution in [1.29, 1.82) is 0 Å². The predicted molar refractivity (Wildman–Crippen MR) is 78.6 cm³/mol. The maximum Gasteiger partial charge on any atom is 0.180 e. The Morgan fingerprint density at radius 1 is 1.24 bits per heavy atom. The average molecular weight is 289 g/mol. The van der Waals surface area contributed by atoms with Gasteiger partial charge in [-0.05, 0) is 6.07 Å². The number of nitrogens with zero attached hydrogens (tertiary/aromatic N) is 1. The molecular formula is C16H19NO4. The summed E-state index contributed by atoms with van der Waals surface area (Å²) in [5, 5.41) is 0.869. The summed E-state index contributed by atoms with van der Waals surface area (Å²) in [6.07, 6.45) is 1.58. The number of para-hydroxylation sites is 1. The predicted octanol–water partition coefficient (Wildman–Crippen LogP) is 1.96. The van der Waals surface area contributed by atoms with Crippen molar-refractivity contribution in [1.82, 2.24) is 4.90 Å². The van der Waals surface area contributed by atoms with E-state index in [1.165, 1.54) is 0 Å². The lowest BCUT2D eigenvalue weighted by Crippen LogP contribution is -2.29. The summed E-state index contributed by atoms with van der Waals surface area (Å²) in [7, 11) is 3.34. The molecule has 1 aliphatic heterocycles. The van der Waals surface area contributed by atoms with Crippen molar-refractivity contribution in [3.8, 4) is 0 Å². The van der Waals surface area contributed by atoms with Crippen LogP contribution in [0.25, 0.3) is 11.0 Å². The highest BCUT2D eigenvalue weighted by atomic mass is 16.5. The molecule has 2 heterocycles. The number of fused-ring (bicyclic) bond motifs is 1. The molecule has 1 saturated heterocycles. The minimum Gasteiger partial charge on any atom is -0.464 e. The molecule has 1 aromatic carbocycles. The number of rotatable bonds is 5. The fourth-order valence-corrected chi connectivity index (χ4v) is 2.88. The van der Waals surface area contributed by atoms with Gasteiger partial charge in [0.2, 0.25) is 0 Å². The van der Waals surface area contributed by atoms with Crippen LogP contribution in [0.2, 0.25) is 0 Å². The first kappa shape index (κ1) is 14.3. The first-order valence-corrected chi connectivity index (χ1v) is 7.00. The molecule has 1 aromatic heterocycles. The molecule has 0 amide bonds. The average Bonchev–Trinajstić information content (AvgIpc) is 3.10. The fraction of sp³-hybridized carbons (Fsp3) is 0.438. The molecule has 2 aromatic rings. The van der Waals surface area contributed by atoms with E-state index < -0.39 is 0 Å². The quantitative estimate of drug-likeness (QED) is 0.788. The zero-order chi connectivity index (χ0) is 14.8. The maximum absolute atomic E-state index is 12.5. The fourth-order valence-electron chi connectivity index (χ4n) is 2.88. The summed E-state index contributed by atoms with van der Waals surface area (Å²) in [4.78, 5) is 14.5. The number of benzene rings is 1. The SMILES string of the molecule is COC1CN(CC(=O)c2coc3ccccc23)CC1OC. The molecule has 0 radical (unpaired) electrons. The third-order valence-electron chi connectivity index (χ3n) is 4.05. The number of methoxy groups -OCH3 is 2. The molecule has 2 unspecified atom stereocenters. The number of likely N-dealkylation sites (tertiary alicyclic amines) is 1. The van der Waals surface area contributed by atoms with E-state index in [-0.39, 0.29) is 18.0 Å². The standard InChI is InChI=1S/C16H19NO4/c1-19-15-8-17(9-16(15)20-2)7-13(18)12-10-21-14-6-4-3-5-11(12)14/h3-6,10,15-16H,7-9H2,1-2H3. The van der Waals surface area contributed by atoms with E-state index in [9.17, 15) is 4.79 Å². The lowest BCUT2D eigenvalue weighted by molar-refractivity contribution is -0.00461. The van der Waals surface area contributed by atoms with Gasteiger partial charge in [-0.15, -0.1) is 0 Å². The van der Waals surface area contributed by atoms with E-state index in [1.54, 1.807) is 20.5 Å². The van der Waals surface area contributed by atoms with Gasteiger partial charge in [-0.3, -0.25) is 9.69 Å². The molecule has 1 aliphatic rings. The second-order valence-electron chi connectivity index (χ2n) is 5.31. The molecule has 3 rings (SSSR count). The van der Waals surface area contributed by atoms with Crippen molar-refractivity contribution in [3.05, 3.63) is 36.1 Å². The van der Waals surface area contributed by atoms with Gasteiger partial charge in [-0.1, -0.05) is 18.2 Å². The van der Waals surface area contributed by atoms with Crippen LogP contribution in [-0.4, -0.2) is 56.7 Å². The number of hydrogen-bond donors (Lipinski definition) is 0. The smallest absolute Gasteiger partial charge is 0.180 e. The number of ketones is 1. The first-order valence-electron chi connectivity index (χ1n) is 7.00. The number of furan rings is 1. The summed E-state index contributed by atoms with van der Waals surface area (Å²) in [5.74, 6) is 0.0616. The lowest BCUT2D eigenvalue weighted by atomic mass is 10.1. The second kappa shape index (κ2) is 5.97. The van der Waals surface area contributed by atoms with Crippen molar-refractivity contribution in [3.63, 3.8) is 0 Å². The Morgan fingerprint density at radius 3 is 2.57 bits per heavy atom. The largest absolute Gasteiger partial charge is 0.464 e. The van der Waals surface area contributed by atoms with Crippen LogP contribution in [0.1, 0.15) is 10.4 Å². The highest BCUT2D eigenvalue weighted by Gasteiger charge is 2.34. The van der Waals surface area contributed by atoms with Crippen LogP contribution in [0.5, 0.6) is 0 Å². The molecule has 0 N–H and O–H groups in total. The second-order valence-corrected chi connectivity index (χ2v) is 5.31. The lowest BCUT2D eigenvalue weighted by Gasteiger charge is -2.13. The van der Waals surface area contributed by atoms with Crippen LogP contribution < -0.4 is 0 Å². The van der Waals surface area contributed by atoms with Gasteiger partial charge in [-0.25, -0.2) is 0 Å². The topological polar surface area (TPSA) is 51.9 Å².